The molecule has 0 aromatic heterocycles. The summed E-state index contributed by atoms with van der Waals surface area (Å²) < 4.78 is 10.9. The highest BCUT2D eigenvalue weighted by atomic mass is 16.5. The van der Waals surface area contributed by atoms with Crippen molar-refractivity contribution in [3.63, 3.8) is 0 Å². The fraction of sp³-hybridized carbons (Fsp3) is 0.294. The number of ether oxygens (including phenoxy) is 2. The predicted molar refractivity (Wildman–Crippen MR) is 82.4 cm³/mol. The molecule has 0 amide bonds. The van der Waals surface area contributed by atoms with Crippen molar-refractivity contribution in [3.8, 4) is 22.6 Å². The third kappa shape index (κ3) is 3.11. The fourth-order valence-electron chi connectivity index (χ4n) is 2.30. The Kier molecular flexibility index (Phi) is 4.64. The summed E-state index contributed by atoms with van der Waals surface area (Å²) in [4.78, 5) is 2.15. The van der Waals surface area contributed by atoms with E-state index in [1.54, 1.807) is 14.2 Å². The summed E-state index contributed by atoms with van der Waals surface area (Å²) in [5.41, 5.74) is 3.36. The van der Waals surface area contributed by atoms with Gasteiger partial charge in [-0.15, -0.1) is 0 Å². The summed E-state index contributed by atoms with van der Waals surface area (Å²) in [6, 6.07) is 14.3. The van der Waals surface area contributed by atoms with Gasteiger partial charge in [-0.3, -0.25) is 0 Å². The molecule has 0 saturated carbocycles. The lowest BCUT2D eigenvalue weighted by atomic mass is 10.0. The van der Waals surface area contributed by atoms with E-state index in [1.807, 2.05) is 24.3 Å². The average Bonchev–Trinajstić information content (AvgIpc) is 2.46. The van der Waals surface area contributed by atoms with E-state index in [1.165, 1.54) is 5.56 Å². The minimum Gasteiger partial charge on any atom is -0.496 e. The fourth-order valence-corrected chi connectivity index (χ4v) is 2.30. The molecular formula is C17H21NO2. The van der Waals surface area contributed by atoms with Crippen LogP contribution in [0.4, 0.5) is 0 Å². The number of nitrogens with zero attached hydrogens (tertiary/aromatic N) is 1. The van der Waals surface area contributed by atoms with Crippen molar-refractivity contribution in [2.24, 2.45) is 0 Å². The molecule has 0 heterocycles. The van der Waals surface area contributed by atoms with Crippen LogP contribution in [0.3, 0.4) is 0 Å². The normalized spacial score (nSPS) is 10.7. The van der Waals surface area contributed by atoms with Crippen molar-refractivity contribution in [1.82, 2.24) is 4.90 Å². The minimum absolute atomic E-state index is 0.854. The third-order valence-electron chi connectivity index (χ3n) is 3.16. The molecular weight excluding hydrogens is 250 g/mol. The molecule has 20 heavy (non-hydrogen) atoms. The zero-order chi connectivity index (χ0) is 14.5. The Morgan fingerprint density at radius 1 is 0.850 bits per heavy atom. The Morgan fingerprint density at radius 2 is 1.50 bits per heavy atom. The predicted octanol–water partition coefficient (Wildman–Crippen LogP) is 3.43. The van der Waals surface area contributed by atoms with Gasteiger partial charge in [0, 0.05) is 17.7 Å². The quantitative estimate of drug-likeness (QED) is 0.831. The summed E-state index contributed by atoms with van der Waals surface area (Å²) in [6.45, 7) is 0.895. The Morgan fingerprint density at radius 3 is 2.15 bits per heavy atom. The molecule has 3 nitrogen and oxygen atoms in total. The molecule has 0 saturated heterocycles. The van der Waals surface area contributed by atoms with Gasteiger partial charge in [0.25, 0.3) is 0 Å². The van der Waals surface area contributed by atoms with Crippen LogP contribution in [0.2, 0.25) is 0 Å². The van der Waals surface area contributed by atoms with Crippen LogP contribution in [0.25, 0.3) is 11.1 Å². The smallest absolute Gasteiger partial charge is 0.126 e. The number of para-hydroxylation sites is 1. The molecule has 0 spiro atoms. The van der Waals surface area contributed by atoms with E-state index in [4.69, 9.17) is 9.47 Å². The van der Waals surface area contributed by atoms with Gasteiger partial charge in [-0.1, -0.05) is 24.3 Å². The molecule has 0 atom stereocenters. The summed E-state index contributed by atoms with van der Waals surface area (Å²) >= 11 is 0. The maximum atomic E-state index is 5.49. The van der Waals surface area contributed by atoms with Crippen LogP contribution < -0.4 is 9.47 Å². The van der Waals surface area contributed by atoms with Crippen LogP contribution in [-0.2, 0) is 6.54 Å². The molecule has 106 valence electrons. The number of methoxy groups -OCH3 is 2. The molecule has 2 aromatic rings. The van der Waals surface area contributed by atoms with Gasteiger partial charge in [0.15, 0.2) is 0 Å². The molecule has 0 N–H and O–H groups in total. The molecule has 0 aliphatic rings. The third-order valence-corrected chi connectivity index (χ3v) is 3.16. The number of hydrogen-bond acceptors (Lipinski definition) is 3. The Hall–Kier alpha value is -2.00. The lowest BCUT2D eigenvalue weighted by Gasteiger charge is -2.15. The second-order valence-corrected chi connectivity index (χ2v) is 4.97. The highest BCUT2D eigenvalue weighted by Crippen LogP contribution is 2.36. The van der Waals surface area contributed by atoms with Gasteiger partial charge in [-0.2, -0.15) is 0 Å². The lowest BCUT2D eigenvalue weighted by molar-refractivity contribution is 0.399. The molecule has 2 rings (SSSR count). The number of rotatable bonds is 5. The van der Waals surface area contributed by atoms with Crippen molar-refractivity contribution < 1.29 is 9.47 Å². The number of hydrogen-bond donors (Lipinski definition) is 0. The van der Waals surface area contributed by atoms with Gasteiger partial charge in [-0.05, 0) is 37.9 Å². The number of benzene rings is 2. The van der Waals surface area contributed by atoms with Gasteiger partial charge in [0.05, 0.1) is 14.2 Å². The molecule has 3 heteroatoms. The largest absolute Gasteiger partial charge is 0.496 e. The van der Waals surface area contributed by atoms with Crippen molar-refractivity contribution in [1.29, 1.82) is 0 Å². The minimum atomic E-state index is 0.854. The van der Waals surface area contributed by atoms with Crippen molar-refractivity contribution >= 4 is 0 Å². The summed E-state index contributed by atoms with van der Waals surface area (Å²) in [5.74, 6) is 1.71. The molecule has 0 radical (unpaired) electrons. The summed E-state index contributed by atoms with van der Waals surface area (Å²) in [7, 11) is 7.51. The Bertz CT molecular complexity index is 579. The van der Waals surface area contributed by atoms with Gasteiger partial charge < -0.3 is 14.4 Å². The monoisotopic (exact) mass is 271 g/mol. The van der Waals surface area contributed by atoms with E-state index in [0.717, 1.165) is 29.2 Å². The first-order chi connectivity index (χ1) is 9.65. The van der Waals surface area contributed by atoms with Crippen LogP contribution in [0.15, 0.2) is 42.5 Å². The lowest BCUT2D eigenvalue weighted by Crippen LogP contribution is -2.10. The summed E-state index contributed by atoms with van der Waals surface area (Å²) in [5, 5.41) is 0. The zero-order valence-corrected chi connectivity index (χ0v) is 12.5. The zero-order valence-electron chi connectivity index (χ0n) is 12.5. The van der Waals surface area contributed by atoms with E-state index in [-0.39, 0.29) is 0 Å². The maximum absolute atomic E-state index is 5.49. The molecule has 0 aliphatic heterocycles. The molecule has 0 aliphatic carbocycles. The highest BCUT2D eigenvalue weighted by molar-refractivity contribution is 5.76. The molecule has 0 bridgehead atoms. The maximum Gasteiger partial charge on any atom is 0.126 e. The average molecular weight is 271 g/mol. The molecule has 0 unspecified atom stereocenters. The van der Waals surface area contributed by atoms with Crippen molar-refractivity contribution in [2.45, 2.75) is 6.54 Å². The van der Waals surface area contributed by atoms with E-state index < -0.39 is 0 Å². The van der Waals surface area contributed by atoms with E-state index in [0.29, 0.717) is 0 Å². The summed E-state index contributed by atoms with van der Waals surface area (Å²) in [6.07, 6.45) is 0. The van der Waals surface area contributed by atoms with E-state index >= 15 is 0 Å². The highest BCUT2D eigenvalue weighted by Gasteiger charge is 2.11. The second kappa shape index (κ2) is 6.44. The molecule has 2 aromatic carbocycles. The van der Waals surface area contributed by atoms with Crippen LogP contribution in [0.5, 0.6) is 11.5 Å². The van der Waals surface area contributed by atoms with Gasteiger partial charge in [-0.25, -0.2) is 0 Å². The van der Waals surface area contributed by atoms with Crippen molar-refractivity contribution in [2.75, 3.05) is 28.3 Å². The van der Waals surface area contributed by atoms with Crippen LogP contribution in [0, 0.1) is 0 Å². The van der Waals surface area contributed by atoms with Gasteiger partial charge in [0.2, 0.25) is 0 Å². The van der Waals surface area contributed by atoms with Gasteiger partial charge in [0.1, 0.15) is 11.5 Å². The van der Waals surface area contributed by atoms with Gasteiger partial charge >= 0.3 is 0 Å². The standard InChI is InChI=1S/C17H21NO2/c1-18(2)12-13-9-10-17(20-4)15(11-13)14-7-5-6-8-16(14)19-3/h5-11H,12H2,1-4H3. The SMILES string of the molecule is COc1ccccc1-c1cc(CN(C)C)ccc1OC. The topological polar surface area (TPSA) is 21.7 Å². The van der Waals surface area contributed by atoms with E-state index in [9.17, 15) is 0 Å². The molecule has 0 fully saturated rings. The Labute approximate surface area is 120 Å². The first-order valence-corrected chi connectivity index (χ1v) is 6.60. The second-order valence-electron chi connectivity index (χ2n) is 4.97. The first kappa shape index (κ1) is 14.4. The van der Waals surface area contributed by atoms with Crippen molar-refractivity contribution in [3.05, 3.63) is 48.0 Å². The van der Waals surface area contributed by atoms with Crippen LogP contribution in [0.1, 0.15) is 5.56 Å². The van der Waals surface area contributed by atoms with E-state index in [2.05, 4.69) is 37.2 Å². The Balaban J connectivity index is 2.52. The first-order valence-electron chi connectivity index (χ1n) is 6.60. The van der Waals surface area contributed by atoms with Crippen LogP contribution >= 0.6 is 0 Å². The van der Waals surface area contributed by atoms with Crippen LogP contribution in [-0.4, -0.2) is 33.2 Å².